The predicted octanol–water partition coefficient (Wildman–Crippen LogP) is 2.80. The number of guanidine groups is 1. The van der Waals surface area contributed by atoms with E-state index in [0.717, 1.165) is 37.1 Å². The van der Waals surface area contributed by atoms with Crippen LogP contribution >= 0.6 is 24.0 Å². The van der Waals surface area contributed by atoms with Crippen molar-refractivity contribution >= 4 is 29.9 Å². The van der Waals surface area contributed by atoms with E-state index in [-0.39, 0.29) is 24.0 Å². The van der Waals surface area contributed by atoms with E-state index in [4.69, 9.17) is 0 Å². The maximum atomic E-state index is 4.41. The lowest BCUT2D eigenvalue weighted by molar-refractivity contribution is 0.161. The fourth-order valence-electron chi connectivity index (χ4n) is 4.30. The van der Waals surface area contributed by atoms with Crippen LogP contribution in [0, 0.1) is 5.92 Å². The number of aromatic nitrogens is 3. The molecule has 0 saturated carbocycles. The summed E-state index contributed by atoms with van der Waals surface area (Å²) in [7, 11) is 1.84. The summed E-state index contributed by atoms with van der Waals surface area (Å²) in [5.41, 5.74) is 0. The first kappa shape index (κ1) is 23.4. The first-order chi connectivity index (χ1) is 13.2. The number of nitrogens with zero attached hydrogens (tertiary/aromatic N) is 5. The van der Waals surface area contributed by atoms with Gasteiger partial charge in [-0.15, -0.1) is 34.2 Å². The summed E-state index contributed by atoms with van der Waals surface area (Å²) >= 11 is 0. The summed E-state index contributed by atoms with van der Waals surface area (Å²) in [4.78, 5) is 7.09. The minimum atomic E-state index is 0. The second-order valence-electron chi connectivity index (χ2n) is 8.21. The Hall–Kier alpha value is -0.900. The van der Waals surface area contributed by atoms with E-state index < -0.39 is 0 Å². The molecule has 1 fully saturated rings. The fourth-order valence-corrected chi connectivity index (χ4v) is 4.30. The van der Waals surface area contributed by atoms with Gasteiger partial charge in [-0.05, 0) is 44.7 Å². The van der Waals surface area contributed by atoms with Crippen LogP contribution in [0.2, 0.25) is 0 Å². The molecule has 3 heterocycles. The highest BCUT2D eigenvalue weighted by molar-refractivity contribution is 14.0. The highest BCUT2D eigenvalue weighted by Gasteiger charge is 2.23. The molecule has 3 rings (SSSR count). The second kappa shape index (κ2) is 11.9. The summed E-state index contributed by atoms with van der Waals surface area (Å²) < 4.78 is 2.26. The Kier molecular flexibility index (Phi) is 9.98. The molecule has 28 heavy (non-hydrogen) atoms. The zero-order valence-corrected chi connectivity index (χ0v) is 20.1. The largest absolute Gasteiger partial charge is 0.355 e. The monoisotopic (exact) mass is 503 g/mol. The molecule has 0 bridgehead atoms. The SMILES string of the molecule is CN=C(NCc1nnc2n1CCCC2)NCC(C(C)C)N1CCCCCC1.I. The van der Waals surface area contributed by atoms with E-state index in [0.29, 0.717) is 18.5 Å². The number of rotatable bonds is 6. The van der Waals surface area contributed by atoms with Gasteiger partial charge in [-0.3, -0.25) is 9.89 Å². The van der Waals surface area contributed by atoms with Gasteiger partial charge in [-0.2, -0.15) is 0 Å². The number of fused-ring (bicyclic) bond motifs is 1. The minimum absolute atomic E-state index is 0. The molecule has 1 aromatic heterocycles. The number of likely N-dealkylation sites (tertiary alicyclic amines) is 1. The van der Waals surface area contributed by atoms with Gasteiger partial charge in [-0.25, -0.2) is 0 Å². The van der Waals surface area contributed by atoms with Crippen LogP contribution in [0.1, 0.15) is 64.0 Å². The number of aliphatic imine (C=N–C) groups is 1. The number of halogens is 1. The van der Waals surface area contributed by atoms with Crippen molar-refractivity contribution in [1.82, 2.24) is 30.3 Å². The molecule has 1 aromatic rings. The van der Waals surface area contributed by atoms with Crippen molar-refractivity contribution in [1.29, 1.82) is 0 Å². The molecule has 0 aromatic carbocycles. The van der Waals surface area contributed by atoms with Crippen LogP contribution in [0.4, 0.5) is 0 Å². The van der Waals surface area contributed by atoms with Gasteiger partial charge in [0.1, 0.15) is 5.82 Å². The first-order valence-corrected chi connectivity index (χ1v) is 10.8. The van der Waals surface area contributed by atoms with Crippen LogP contribution in [-0.4, -0.2) is 58.3 Å². The quantitative estimate of drug-likeness (QED) is 0.355. The molecule has 2 aliphatic heterocycles. The zero-order valence-electron chi connectivity index (χ0n) is 17.8. The van der Waals surface area contributed by atoms with Gasteiger partial charge in [0.05, 0.1) is 6.54 Å². The average molecular weight is 503 g/mol. The molecular formula is C20H38IN7. The van der Waals surface area contributed by atoms with Gasteiger partial charge < -0.3 is 15.2 Å². The maximum Gasteiger partial charge on any atom is 0.191 e. The zero-order chi connectivity index (χ0) is 19.1. The second-order valence-corrected chi connectivity index (χ2v) is 8.21. The van der Waals surface area contributed by atoms with Crippen molar-refractivity contribution in [3.8, 4) is 0 Å². The third kappa shape index (κ3) is 6.30. The van der Waals surface area contributed by atoms with Gasteiger partial charge in [0.25, 0.3) is 0 Å². The Morgan fingerprint density at radius 2 is 1.71 bits per heavy atom. The number of hydrogen-bond donors (Lipinski definition) is 2. The third-order valence-corrected chi connectivity index (χ3v) is 5.93. The summed E-state index contributed by atoms with van der Waals surface area (Å²) in [5, 5.41) is 15.7. The number of hydrogen-bond acceptors (Lipinski definition) is 4. The highest BCUT2D eigenvalue weighted by atomic mass is 127. The Balaban J connectivity index is 0.00000280. The lowest BCUT2D eigenvalue weighted by atomic mass is 10.0. The lowest BCUT2D eigenvalue weighted by Gasteiger charge is -2.34. The van der Waals surface area contributed by atoms with Crippen LogP contribution in [0.5, 0.6) is 0 Å². The van der Waals surface area contributed by atoms with Gasteiger partial charge in [-0.1, -0.05) is 26.7 Å². The van der Waals surface area contributed by atoms with E-state index in [1.54, 1.807) is 0 Å². The number of nitrogens with one attached hydrogen (secondary N) is 2. The number of aryl methyl sites for hydroxylation is 1. The summed E-state index contributed by atoms with van der Waals surface area (Å²) in [6.07, 6.45) is 8.90. The highest BCUT2D eigenvalue weighted by Crippen LogP contribution is 2.17. The van der Waals surface area contributed by atoms with E-state index in [1.807, 2.05) is 7.05 Å². The van der Waals surface area contributed by atoms with E-state index in [9.17, 15) is 0 Å². The normalized spacial score (nSPS) is 19.5. The van der Waals surface area contributed by atoms with E-state index >= 15 is 0 Å². The van der Waals surface area contributed by atoms with Crippen molar-refractivity contribution in [2.75, 3.05) is 26.7 Å². The Bertz CT molecular complexity index is 606. The Labute approximate surface area is 187 Å². The maximum absolute atomic E-state index is 4.41. The molecule has 8 heteroatoms. The average Bonchev–Trinajstić information content (AvgIpc) is 2.90. The van der Waals surface area contributed by atoms with E-state index in [1.165, 1.54) is 51.6 Å². The van der Waals surface area contributed by atoms with Gasteiger partial charge >= 0.3 is 0 Å². The van der Waals surface area contributed by atoms with Gasteiger partial charge in [0, 0.05) is 32.6 Å². The molecule has 1 atom stereocenters. The van der Waals surface area contributed by atoms with E-state index in [2.05, 4.69) is 49.1 Å². The summed E-state index contributed by atoms with van der Waals surface area (Å²) in [5.74, 6) is 3.61. The molecule has 2 aliphatic rings. The minimum Gasteiger partial charge on any atom is -0.355 e. The standard InChI is InChI=1S/C20H37N7.HI/c1-16(2)17(26-11-7-4-5-8-12-26)14-22-20(21-3)23-15-19-25-24-18-10-6-9-13-27(18)19;/h16-17H,4-15H2,1-3H3,(H2,21,22,23);1H. The lowest BCUT2D eigenvalue weighted by Crippen LogP contribution is -2.49. The smallest absolute Gasteiger partial charge is 0.191 e. The molecule has 2 N–H and O–H groups in total. The van der Waals surface area contributed by atoms with Crippen molar-refractivity contribution in [2.45, 2.75) is 77.9 Å². The Morgan fingerprint density at radius 1 is 1.00 bits per heavy atom. The molecule has 1 saturated heterocycles. The molecule has 0 amide bonds. The third-order valence-electron chi connectivity index (χ3n) is 5.93. The molecular weight excluding hydrogens is 465 g/mol. The van der Waals surface area contributed by atoms with Crippen molar-refractivity contribution in [2.24, 2.45) is 10.9 Å². The topological polar surface area (TPSA) is 70.4 Å². The van der Waals surface area contributed by atoms with Gasteiger partial charge in [0.2, 0.25) is 0 Å². The summed E-state index contributed by atoms with van der Waals surface area (Å²) in [6, 6.07) is 0.544. The van der Waals surface area contributed by atoms with Crippen LogP contribution in [0.15, 0.2) is 4.99 Å². The molecule has 0 radical (unpaired) electrons. The van der Waals surface area contributed by atoms with Crippen LogP contribution in [0.3, 0.4) is 0 Å². The van der Waals surface area contributed by atoms with Crippen molar-refractivity contribution in [3.05, 3.63) is 11.6 Å². The molecule has 0 aliphatic carbocycles. The van der Waals surface area contributed by atoms with Crippen molar-refractivity contribution in [3.63, 3.8) is 0 Å². The van der Waals surface area contributed by atoms with Crippen LogP contribution in [0.25, 0.3) is 0 Å². The molecule has 7 nitrogen and oxygen atoms in total. The molecule has 1 unspecified atom stereocenters. The Morgan fingerprint density at radius 3 is 2.39 bits per heavy atom. The first-order valence-electron chi connectivity index (χ1n) is 10.8. The molecule has 0 spiro atoms. The van der Waals surface area contributed by atoms with Crippen LogP contribution in [-0.2, 0) is 19.5 Å². The molecule has 160 valence electrons. The predicted molar refractivity (Wildman–Crippen MR) is 125 cm³/mol. The van der Waals surface area contributed by atoms with Crippen LogP contribution < -0.4 is 10.6 Å². The van der Waals surface area contributed by atoms with Crippen molar-refractivity contribution < 1.29 is 0 Å². The van der Waals surface area contributed by atoms with Gasteiger partial charge in [0.15, 0.2) is 11.8 Å². The summed E-state index contributed by atoms with van der Waals surface area (Å²) in [6.45, 7) is 9.74. The fraction of sp³-hybridized carbons (Fsp3) is 0.850.